The van der Waals surface area contributed by atoms with Crippen molar-refractivity contribution in [3.8, 4) is 6.07 Å². The SMILES string of the molecule is CC(C)CC(CO)Nc1nc(CC(C)c2ccc(F)c(C#N)c2)nc(NS(C)(=O)=O)n1. The van der Waals surface area contributed by atoms with E-state index < -0.39 is 15.8 Å². The minimum Gasteiger partial charge on any atom is -0.394 e. The summed E-state index contributed by atoms with van der Waals surface area (Å²) in [5.74, 6) is -0.156. The number of benzene rings is 1. The van der Waals surface area contributed by atoms with Gasteiger partial charge in [0.1, 0.15) is 17.7 Å². The van der Waals surface area contributed by atoms with Crippen molar-refractivity contribution in [2.75, 3.05) is 22.9 Å². The van der Waals surface area contributed by atoms with Crippen molar-refractivity contribution in [2.45, 2.75) is 45.6 Å². The van der Waals surface area contributed by atoms with E-state index in [9.17, 15) is 17.9 Å². The number of nitrogens with zero attached hydrogens (tertiary/aromatic N) is 4. The molecule has 0 saturated carbocycles. The first-order chi connectivity index (χ1) is 14.5. The summed E-state index contributed by atoms with van der Waals surface area (Å²) in [6.45, 7) is 5.75. The number of sulfonamides is 1. The highest BCUT2D eigenvalue weighted by Crippen LogP contribution is 2.22. The molecular weight excluding hydrogens is 423 g/mol. The Morgan fingerprint density at radius 3 is 2.45 bits per heavy atom. The summed E-state index contributed by atoms with van der Waals surface area (Å²) in [6.07, 6.45) is 1.94. The van der Waals surface area contributed by atoms with Gasteiger partial charge in [0.2, 0.25) is 21.9 Å². The van der Waals surface area contributed by atoms with Crippen molar-refractivity contribution in [3.05, 3.63) is 41.0 Å². The third-order valence-corrected chi connectivity index (χ3v) is 4.99. The first kappa shape index (κ1) is 24.4. The van der Waals surface area contributed by atoms with Crippen LogP contribution < -0.4 is 10.0 Å². The maximum atomic E-state index is 13.6. The minimum absolute atomic E-state index is 0.0544. The first-order valence-electron chi connectivity index (χ1n) is 9.80. The predicted molar refractivity (Wildman–Crippen MR) is 115 cm³/mol. The molecule has 1 aromatic carbocycles. The quantitative estimate of drug-likeness (QED) is 0.501. The number of aliphatic hydroxyl groups is 1. The van der Waals surface area contributed by atoms with Crippen LogP contribution in [0.3, 0.4) is 0 Å². The van der Waals surface area contributed by atoms with Crippen LogP contribution in [0.25, 0.3) is 0 Å². The molecule has 1 heterocycles. The highest BCUT2D eigenvalue weighted by atomic mass is 32.2. The number of aromatic nitrogens is 3. The highest BCUT2D eigenvalue weighted by molar-refractivity contribution is 7.91. The van der Waals surface area contributed by atoms with Crippen molar-refractivity contribution in [1.29, 1.82) is 5.26 Å². The molecule has 0 aliphatic heterocycles. The van der Waals surface area contributed by atoms with Gasteiger partial charge in [-0.1, -0.05) is 26.8 Å². The van der Waals surface area contributed by atoms with Crippen LogP contribution in [0.15, 0.2) is 18.2 Å². The number of rotatable bonds is 10. The predicted octanol–water partition coefficient (Wildman–Crippen LogP) is 2.42. The third-order valence-electron chi connectivity index (χ3n) is 4.44. The van der Waals surface area contributed by atoms with Gasteiger partial charge in [-0.3, -0.25) is 4.72 Å². The lowest BCUT2D eigenvalue weighted by molar-refractivity contribution is 0.259. The first-order valence-corrected chi connectivity index (χ1v) is 11.7. The molecule has 1 aromatic heterocycles. The Morgan fingerprint density at radius 2 is 1.87 bits per heavy atom. The van der Waals surface area contributed by atoms with Crippen molar-refractivity contribution in [3.63, 3.8) is 0 Å². The molecule has 0 radical (unpaired) electrons. The van der Waals surface area contributed by atoms with Gasteiger partial charge in [-0.2, -0.15) is 20.2 Å². The van der Waals surface area contributed by atoms with Crippen molar-refractivity contribution < 1.29 is 17.9 Å². The van der Waals surface area contributed by atoms with E-state index in [1.165, 1.54) is 12.1 Å². The van der Waals surface area contributed by atoms with Gasteiger partial charge in [-0.15, -0.1) is 0 Å². The summed E-state index contributed by atoms with van der Waals surface area (Å²) in [5.41, 5.74) is 0.666. The number of nitrogens with one attached hydrogen (secondary N) is 2. The number of anilines is 2. The average molecular weight is 451 g/mol. The summed E-state index contributed by atoms with van der Waals surface area (Å²) in [7, 11) is -3.62. The molecule has 2 aromatic rings. The van der Waals surface area contributed by atoms with Crippen molar-refractivity contribution in [2.24, 2.45) is 5.92 Å². The van der Waals surface area contributed by atoms with E-state index in [0.29, 0.717) is 24.6 Å². The zero-order chi connectivity index (χ0) is 23.2. The zero-order valence-electron chi connectivity index (χ0n) is 17.9. The third kappa shape index (κ3) is 7.73. The van der Waals surface area contributed by atoms with Gasteiger partial charge in [0.15, 0.2) is 0 Å². The molecule has 0 amide bonds. The summed E-state index contributed by atoms with van der Waals surface area (Å²) in [4.78, 5) is 12.7. The van der Waals surface area contributed by atoms with Gasteiger partial charge in [0, 0.05) is 6.42 Å². The largest absolute Gasteiger partial charge is 0.394 e. The fourth-order valence-corrected chi connectivity index (χ4v) is 3.47. The second kappa shape index (κ2) is 10.5. The number of aliphatic hydroxyl groups excluding tert-OH is 1. The minimum atomic E-state index is -3.62. The van der Waals surface area contributed by atoms with Crippen LogP contribution >= 0.6 is 0 Å². The number of hydrogen-bond donors (Lipinski definition) is 3. The van der Waals surface area contributed by atoms with Crippen LogP contribution in [0.4, 0.5) is 16.3 Å². The van der Waals surface area contributed by atoms with Crippen LogP contribution in [0, 0.1) is 23.1 Å². The van der Waals surface area contributed by atoms with Gasteiger partial charge in [-0.25, -0.2) is 12.8 Å². The van der Waals surface area contributed by atoms with E-state index in [2.05, 4.69) is 25.0 Å². The molecule has 31 heavy (non-hydrogen) atoms. The van der Waals surface area contributed by atoms with Gasteiger partial charge in [0.25, 0.3) is 0 Å². The molecule has 9 nitrogen and oxygen atoms in total. The summed E-state index contributed by atoms with van der Waals surface area (Å²) in [6, 6.07) is 5.80. The molecule has 3 N–H and O–H groups in total. The Bertz CT molecular complexity index is 1060. The molecular formula is C20H27FN6O3S. The van der Waals surface area contributed by atoms with Crippen molar-refractivity contribution >= 4 is 21.9 Å². The second-order valence-corrected chi connectivity index (χ2v) is 9.63. The van der Waals surface area contributed by atoms with E-state index in [4.69, 9.17) is 5.26 Å². The molecule has 0 aliphatic rings. The topological polar surface area (TPSA) is 141 Å². The summed E-state index contributed by atoms with van der Waals surface area (Å²) >= 11 is 0. The molecule has 2 rings (SSSR count). The average Bonchev–Trinajstić information content (AvgIpc) is 2.65. The van der Waals surface area contributed by atoms with Gasteiger partial charge < -0.3 is 10.4 Å². The zero-order valence-corrected chi connectivity index (χ0v) is 18.7. The maximum absolute atomic E-state index is 13.6. The van der Waals surface area contributed by atoms with Gasteiger partial charge >= 0.3 is 0 Å². The fourth-order valence-electron chi connectivity index (χ4n) is 3.04. The number of nitriles is 1. The number of hydrogen-bond acceptors (Lipinski definition) is 8. The van der Waals surface area contributed by atoms with Crippen LogP contribution in [-0.4, -0.2) is 47.4 Å². The molecule has 2 atom stereocenters. The molecule has 0 fully saturated rings. The Kier molecular flexibility index (Phi) is 8.24. The summed E-state index contributed by atoms with van der Waals surface area (Å²) < 4.78 is 39.2. The smallest absolute Gasteiger partial charge is 0.241 e. The Hall–Kier alpha value is -2.84. The number of halogens is 1. The van der Waals surface area contributed by atoms with Crippen LogP contribution in [0.5, 0.6) is 0 Å². The van der Waals surface area contributed by atoms with E-state index in [1.807, 2.05) is 26.8 Å². The Morgan fingerprint density at radius 1 is 1.19 bits per heavy atom. The van der Waals surface area contributed by atoms with Gasteiger partial charge in [0.05, 0.1) is 24.5 Å². The molecule has 11 heteroatoms. The highest BCUT2D eigenvalue weighted by Gasteiger charge is 2.17. The lowest BCUT2D eigenvalue weighted by atomic mass is 9.96. The van der Waals surface area contributed by atoms with Crippen LogP contribution in [0.2, 0.25) is 0 Å². The normalized spacial score (nSPS) is 13.5. The lowest BCUT2D eigenvalue weighted by Gasteiger charge is -2.19. The lowest BCUT2D eigenvalue weighted by Crippen LogP contribution is -2.27. The van der Waals surface area contributed by atoms with E-state index in [-0.39, 0.29) is 36.0 Å². The second-order valence-electron chi connectivity index (χ2n) is 7.88. The van der Waals surface area contributed by atoms with E-state index in [1.54, 1.807) is 6.07 Å². The fraction of sp³-hybridized carbons (Fsp3) is 0.500. The molecule has 0 aliphatic carbocycles. The molecule has 0 bridgehead atoms. The molecule has 0 spiro atoms. The standard InChI is InChI=1S/C20H27FN6O3S/c1-12(2)7-16(11-28)23-19-24-18(25-20(26-19)27-31(4,29)30)8-13(3)14-5-6-17(21)15(9-14)10-22/h5-6,9,12-13,16,28H,7-8,11H2,1-4H3,(H2,23,24,25,26,27). The van der Waals surface area contributed by atoms with E-state index in [0.717, 1.165) is 11.8 Å². The molecule has 2 unspecified atom stereocenters. The van der Waals surface area contributed by atoms with E-state index >= 15 is 0 Å². The van der Waals surface area contributed by atoms with Gasteiger partial charge in [-0.05, 0) is 36.0 Å². The maximum Gasteiger partial charge on any atom is 0.241 e. The van der Waals surface area contributed by atoms with Crippen LogP contribution in [-0.2, 0) is 16.4 Å². The molecule has 0 saturated heterocycles. The van der Waals surface area contributed by atoms with Crippen LogP contribution in [0.1, 0.15) is 50.1 Å². The molecule has 168 valence electrons. The Labute approximate surface area is 181 Å². The summed E-state index contributed by atoms with van der Waals surface area (Å²) in [5, 5.41) is 21.7. The van der Waals surface area contributed by atoms with Crippen molar-refractivity contribution in [1.82, 2.24) is 15.0 Å². The Balaban J connectivity index is 2.34. The monoisotopic (exact) mass is 450 g/mol.